The van der Waals surface area contributed by atoms with Gasteiger partial charge in [-0.2, -0.15) is 0 Å². The number of phenolic OH excluding ortho intramolecular Hbond substituents is 2. The summed E-state index contributed by atoms with van der Waals surface area (Å²) < 4.78 is 37.4. The summed E-state index contributed by atoms with van der Waals surface area (Å²) in [4.78, 5) is 67.9. The zero-order chi connectivity index (χ0) is 56.1. The van der Waals surface area contributed by atoms with Crippen molar-refractivity contribution in [1.82, 2.24) is 14.5 Å². The van der Waals surface area contributed by atoms with Crippen molar-refractivity contribution in [2.75, 3.05) is 32.1 Å². The number of nitrogens with one attached hydrogen (secondary N) is 1. The van der Waals surface area contributed by atoms with E-state index in [0.717, 1.165) is 11.1 Å². The van der Waals surface area contributed by atoms with Crippen molar-refractivity contribution >= 4 is 39.9 Å². The number of piperidine rings is 1. The number of aromatic nitrogens is 2. The number of methoxy groups -OCH3 is 1. The third-order valence-corrected chi connectivity index (χ3v) is 15.9. The van der Waals surface area contributed by atoms with Gasteiger partial charge in [-0.25, -0.2) is 4.99 Å². The Morgan fingerprint density at radius 2 is 1.67 bits per heavy atom. The fourth-order valence-electron chi connectivity index (χ4n) is 11.2. The molecule has 416 valence electrons. The highest BCUT2D eigenvalue weighted by atomic mass is 16.7. The van der Waals surface area contributed by atoms with Gasteiger partial charge in [-0.15, -0.1) is 0 Å². The number of esters is 1. The number of ether oxygens (including phenoxy) is 6. The average molecular weight is 1080 g/mol. The number of carbonyl (C=O) groups is 3. The minimum atomic E-state index is -2.01. The van der Waals surface area contributed by atoms with Crippen LogP contribution in [0.5, 0.6) is 23.3 Å². The number of aromatic hydroxyl groups is 2. The van der Waals surface area contributed by atoms with Crippen LogP contribution in [-0.4, -0.2) is 126 Å². The summed E-state index contributed by atoms with van der Waals surface area (Å²) in [6.07, 6.45) is 5.63. The number of carbonyl (C=O) groups excluding carboxylic acids is 3. The van der Waals surface area contributed by atoms with Gasteiger partial charge in [0.05, 0.1) is 54.4 Å². The molecule has 1 fully saturated rings. The number of aliphatic hydroxyl groups is 2. The number of fused-ring (bicyclic) bond motifs is 2. The van der Waals surface area contributed by atoms with Crippen LogP contribution in [-0.2, 0) is 48.2 Å². The smallest absolute Gasteiger partial charge is 0.414 e. The lowest BCUT2D eigenvalue weighted by molar-refractivity contribution is -0.389. The summed E-state index contributed by atoms with van der Waals surface area (Å²) in [5.41, 5.74) is 1.58. The SMILES string of the molecule is CO[C@H]1/C=C/O[C@@]2(C)Oc3c(C)c(O)c4c(O)c(c5c(c4c3C2=O)NC2(CCN(Cc3ccc(COC4COc6nc([N+](=O)[O-])cn6C4)cc3)CC2)N=5)=NC(=O)/C(C)=C\C=C\[C@H](C)[C@H](O)[C@@H](C)[C@@H](O)[C@@H](C)[C@H](OC(C)=O)[C@@H]1C. The first-order valence-corrected chi connectivity index (χ1v) is 26.1. The molecule has 5 aliphatic rings. The molecule has 3 aromatic carbocycles. The van der Waals surface area contributed by atoms with Crippen molar-refractivity contribution in [1.29, 1.82) is 0 Å². The van der Waals surface area contributed by atoms with Crippen LogP contribution >= 0.6 is 0 Å². The molecule has 1 amide bonds. The molecule has 22 nitrogen and oxygen atoms in total. The number of allylic oxidation sites excluding steroid dienone is 2. The molecule has 22 heteroatoms. The average Bonchev–Trinajstić information content (AvgIpc) is 4.30. The Balaban J connectivity index is 1.02. The molecule has 1 aromatic heterocycles. The van der Waals surface area contributed by atoms with Crippen LogP contribution in [0.2, 0.25) is 0 Å². The number of likely N-dealkylation sites (tertiary alicyclic amines) is 1. The Morgan fingerprint density at radius 1 is 0.962 bits per heavy atom. The lowest BCUT2D eigenvalue weighted by Crippen LogP contribution is -2.46. The number of hydrogen-bond donors (Lipinski definition) is 5. The van der Waals surface area contributed by atoms with E-state index in [9.17, 15) is 44.9 Å². The molecule has 5 aliphatic heterocycles. The van der Waals surface area contributed by atoms with Gasteiger partial charge in [0.25, 0.3) is 11.7 Å². The van der Waals surface area contributed by atoms with Crippen LogP contribution in [0.1, 0.15) is 88.4 Å². The number of Topliss-reactive ketones (excluding diaryl/α,β-unsaturated/α-hetero) is 1. The van der Waals surface area contributed by atoms with E-state index >= 15 is 0 Å². The molecular weight excluding hydrogens is 1010 g/mol. The van der Waals surface area contributed by atoms with Gasteiger partial charge in [0.1, 0.15) is 52.9 Å². The first-order valence-electron chi connectivity index (χ1n) is 26.1. The number of imidazole rings is 1. The van der Waals surface area contributed by atoms with E-state index in [1.165, 1.54) is 52.5 Å². The normalized spacial score (nSPS) is 29.7. The molecule has 0 radical (unpaired) electrons. The summed E-state index contributed by atoms with van der Waals surface area (Å²) in [5, 5.41) is 62.1. The monoisotopic (exact) mass is 1080 g/mol. The first kappa shape index (κ1) is 55.5. The van der Waals surface area contributed by atoms with E-state index in [4.69, 9.17) is 33.4 Å². The number of nitrogens with zero attached hydrogens (tertiary/aromatic N) is 6. The van der Waals surface area contributed by atoms with Crippen molar-refractivity contribution in [3.8, 4) is 23.3 Å². The number of ketones is 1. The van der Waals surface area contributed by atoms with E-state index in [1.54, 1.807) is 51.3 Å². The molecule has 10 atom stereocenters. The maximum Gasteiger partial charge on any atom is 0.414 e. The van der Waals surface area contributed by atoms with Gasteiger partial charge in [0, 0.05) is 98.6 Å². The van der Waals surface area contributed by atoms with Crippen molar-refractivity contribution in [2.24, 2.45) is 33.7 Å². The quantitative estimate of drug-likeness (QED) is 0.0641. The summed E-state index contributed by atoms with van der Waals surface area (Å²) in [6, 6.07) is 8.24. The molecule has 4 aromatic rings. The molecule has 6 heterocycles. The van der Waals surface area contributed by atoms with E-state index < -0.39 is 93.6 Å². The lowest BCUT2D eigenvalue weighted by Gasteiger charge is -2.38. The first-order chi connectivity index (χ1) is 37.0. The number of benzene rings is 3. The predicted molar refractivity (Wildman–Crippen MR) is 281 cm³/mol. The number of amides is 1. The number of aliphatic hydroxyl groups excluding tert-OH is 2. The molecule has 0 saturated carbocycles. The van der Waals surface area contributed by atoms with Crippen LogP contribution in [0.15, 0.2) is 76.6 Å². The summed E-state index contributed by atoms with van der Waals surface area (Å²) in [7, 11) is 1.46. The second-order valence-electron chi connectivity index (χ2n) is 21.4. The third kappa shape index (κ3) is 10.6. The Labute approximate surface area is 449 Å². The van der Waals surface area contributed by atoms with Crippen LogP contribution in [0, 0.1) is 40.7 Å². The molecule has 9 rings (SSSR count). The van der Waals surface area contributed by atoms with E-state index in [1.807, 2.05) is 24.3 Å². The minimum absolute atomic E-state index is 0.00726. The minimum Gasteiger partial charge on any atom is -0.507 e. The van der Waals surface area contributed by atoms with E-state index in [0.29, 0.717) is 45.6 Å². The van der Waals surface area contributed by atoms with Gasteiger partial charge in [0.2, 0.25) is 0 Å². The molecule has 1 unspecified atom stereocenters. The number of rotatable bonds is 8. The Bertz CT molecular complexity index is 3260. The molecule has 1 spiro atoms. The van der Waals surface area contributed by atoms with Gasteiger partial charge >= 0.3 is 23.6 Å². The highest BCUT2D eigenvalue weighted by molar-refractivity contribution is 6.21. The molecule has 1 saturated heterocycles. The van der Waals surface area contributed by atoms with Crippen molar-refractivity contribution in [2.45, 2.75) is 130 Å². The zero-order valence-electron chi connectivity index (χ0n) is 45.1. The van der Waals surface area contributed by atoms with Crippen LogP contribution in [0.25, 0.3) is 10.8 Å². The van der Waals surface area contributed by atoms with Crippen molar-refractivity contribution < 1.29 is 68.2 Å². The van der Waals surface area contributed by atoms with Gasteiger partial charge in [-0.05, 0) is 36.0 Å². The Hall–Kier alpha value is -7.24. The number of hydrogen-bond acceptors (Lipinski definition) is 19. The summed E-state index contributed by atoms with van der Waals surface area (Å²) in [5.74, 6) is -7.73. The van der Waals surface area contributed by atoms with Gasteiger partial charge < -0.3 is 64.3 Å². The number of anilines is 1. The summed E-state index contributed by atoms with van der Waals surface area (Å²) in [6.45, 7) is 15.4. The molecule has 0 aliphatic carbocycles. The van der Waals surface area contributed by atoms with Gasteiger partial charge in [-0.3, -0.25) is 28.8 Å². The molecular formula is C56H67N7O15. The Kier molecular flexibility index (Phi) is 15.6. The van der Waals surface area contributed by atoms with Crippen LogP contribution in [0.3, 0.4) is 0 Å². The maximum atomic E-state index is 15.0. The number of phenols is 2. The Morgan fingerprint density at radius 3 is 2.35 bits per heavy atom. The summed E-state index contributed by atoms with van der Waals surface area (Å²) >= 11 is 0. The van der Waals surface area contributed by atoms with Crippen molar-refractivity contribution in [3.05, 3.63) is 110 Å². The second kappa shape index (κ2) is 21.9. The topological polar surface area (TPSA) is 288 Å². The highest BCUT2D eigenvalue weighted by Crippen LogP contribution is 2.51. The van der Waals surface area contributed by atoms with Gasteiger partial charge in [-0.1, -0.05) is 70.2 Å². The highest BCUT2D eigenvalue weighted by Gasteiger charge is 2.51. The fourth-order valence-corrected chi connectivity index (χ4v) is 11.2. The third-order valence-electron chi connectivity index (χ3n) is 15.9. The molecule has 78 heavy (non-hydrogen) atoms. The molecule has 4 bridgehead atoms. The maximum absolute atomic E-state index is 15.0. The number of nitro groups is 1. The van der Waals surface area contributed by atoms with E-state index in [2.05, 4.69) is 20.2 Å². The largest absolute Gasteiger partial charge is 0.507 e. The van der Waals surface area contributed by atoms with Crippen molar-refractivity contribution in [3.63, 3.8) is 0 Å². The van der Waals surface area contributed by atoms with Crippen LogP contribution in [0.4, 0.5) is 11.5 Å². The lowest BCUT2D eigenvalue weighted by atomic mass is 9.78. The van der Waals surface area contributed by atoms with Crippen LogP contribution < -0.4 is 25.5 Å². The van der Waals surface area contributed by atoms with Gasteiger partial charge in [0.15, 0.2) is 5.75 Å². The zero-order valence-corrected chi connectivity index (χ0v) is 45.1. The second-order valence-corrected chi connectivity index (χ2v) is 21.4. The molecule has 5 N–H and O–H groups in total. The standard InChI is InChI=1S/C56H67N7O15/c1-28-11-10-12-29(2)53(70)58-45-44-43(59-56(60-44)18-20-61(21-19-56)23-35-13-15-36(16-14-35)26-74-37-24-62-25-39(63(71)72)57-54(62)75-27-37)40-41(49(45)68)48(67)33(6)51-42(40)52(69)55(8,78-51)76-22-17-38(73-9)30(3)50(77-34(7)64)32(5)47(66)31(4)46(28)65/h10-17,22,25,28,30-32,37-38,46-47,50,59,65-68H,18-21,23-24,26-27H2,1-9H3/b11-10+,22-17+,29-12-,58-45?/t28-,30+,31+,32+,37?,38-,46-,47+,50+,55-/m0/s1. The fraction of sp³-hybridized carbons (Fsp3) is 0.500. The predicted octanol–water partition coefficient (Wildman–Crippen LogP) is 5.38. The van der Waals surface area contributed by atoms with E-state index in [-0.39, 0.29) is 74.2 Å².